The lowest BCUT2D eigenvalue weighted by Gasteiger charge is -2.27. The minimum absolute atomic E-state index is 0.0862. The van der Waals surface area contributed by atoms with Crippen LogP contribution in [0.3, 0.4) is 0 Å². The van der Waals surface area contributed by atoms with Crippen LogP contribution in [0.5, 0.6) is 0 Å². The van der Waals surface area contributed by atoms with E-state index in [-0.39, 0.29) is 18.1 Å². The molecule has 1 aromatic rings. The summed E-state index contributed by atoms with van der Waals surface area (Å²) in [5.74, 6) is 0.528. The zero-order chi connectivity index (χ0) is 13.1. The number of hydrogen-bond donors (Lipinski definition) is 1. The minimum Gasteiger partial charge on any atom is -0.329 e. The zero-order valence-corrected chi connectivity index (χ0v) is 10.8. The Labute approximate surface area is 112 Å². The molecule has 1 amide bonds. The maximum atomic E-state index is 12.1. The molecule has 6 heteroatoms. The molecule has 1 unspecified atom stereocenters. The van der Waals surface area contributed by atoms with E-state index < -0.39 is 0 Å². The van der Waals surface area contributed by atoms with Crippen LogP contribution in [-0.2, 0) is 9.63 Å². The Bertz CT molecular complexity index is 436. The molecule has 1 atom stereocenters. The van der Waals surface area contributed by atoms with Gasteiger partial charge in [-0.2, -0.15) is 0 Å². The molecule has 2 fully saturated rings. The van der Waals surface area contributed by atoms with Crippen molar-refractivity contribution in [3.05, 3.63) is 18.5 Å². The van der Waals surface area contributed by atoms with E-state index in [1.807, 2.05) is 4.90 Å². The Morgan fingerprint density at radius 1 is 1.26 bits per heavy atom. The second-order valence-electron chi connectivity index (χ2n) is 5.04. The normalized spacial score (nSPS) is 23.2. The monoisotopic (exact) mass is 262 g/mol. The maximum Gasteiger partial charge on any atom is 0.266 e. The lowest BCUT2D eigenvalue weighted by atomic mass is 9.97. The SMILES string of the molecule is O=C(NOC1CCC1)C1CCCN1c1ncccn1. The minimum atomic E-state index is -0.220. The number of aromatic nitrogens is 2. The maximum absolute atomic E-state index is 12.1. The van der Waals surface area contributed by atoms with Crippen LogP contribution in [0.15, 0.2) is 18.5 Å². The van der Waals surface area contributed by atoms with Crippen molar-refractivity contribution in [1.82, 2.24) is 15.4 Å². The van der Waals surface area contributed by atoms with E-state index in [9.17, 15) is 4.79 Å². The summed E-state index contributed by atoms with van der Waals surface area (Å²) in [5.41, 5.74) is 2.59. The first kappa shape index (κ1) is 12.3. The largest absolute Gasteiger partial charge is 0.329 e. The van der Waals surface area contributed by atoms with Gasteiger partial charge in [-0.1, -0.05) is 0 Å². The van der Waals surface area contributed by atoms with Crippen molar-refractivity contribution in [3.63, 3.8) is 0 Å². The van der Waals surface area contributed by atoms with Gasteiger partial charge in [-0.05, 0) is 38.2 Å². The van der Waals surface area contributed by atoms with E-state index in [4.69, 9.17) is 4.84 Å². The number of hydroxylamine groups is 1. The van der Waals surface area contributed by atoms with Crippen LogP contribution in [0.1, 0.15) is 32.1 Å². The van der Waals surface area contributed by atoms with Gasteiger partial charge in [-0.25, -0.2) is 15.4 Å². The molecule has 3 rings (SSSR count). The van der Waals surface area contributed by atoms with Crippen LogP contribution in [-0.4, -0.2) is 34.6 Å². The third-order valence-electron chi connectivity index (χ3n) is 3.74. The fourth-order valence-electron chi connectivity index (χ4n) is 2.42. The third kappa shape index (κ3) is 2.68. The summed E-state index contributed by atoms with van der Waals surface area (Å²) >= 11 is 0. The molecule has 1 aliphatic heterocycles. The molecule has 1 saturated carbocycles. The highest BCUT2D eigenvalue weighted by Crippen LogP contribution is 2.23. The molecule has 102 valence electrons. The summed E-state index contributed by atoms with van der Waals surface area (Å²) in [6.45, 7) is 0.811. The molecule has 0 radical (unpaired) electrons. The molecule has 1 aliphatic carbocycles. The molecule has 1 saturated heterocycles. The van der Waals surface area contributed by atoms with E-state index in [2.05, 4.69) is 15.4 Å². The average Bonchev–Trinajstić information content (AvgIpc) is 2.87. The Hall–Kier alpha value is -1.69. The number of amides is 1. The molecule has 6 nitrogen and oxygen atoms in total. The van der Waals surface area contributed by atoms with Crippen LogP contribution >= 0.6 is 0 Å². The zero-order valence-electron chi connectivity index (χ0n) is 10.8. The molecule has 1 N–H and O–H groups in total. The predicted octanol–water partition coefficient (Wildman–Crippen LogP) is 1.05. The van der Waals surface area contributed by atoms with E-state index in [0.717, 1.165) is 32.2 Å². The summed E-state index contributed by atoms with van der Waals surface area (Å²) in [4.78, 5) is 27.9. The Morgan fingerprint density at radius 2 is 2.05 bits per heavy atom. The first-order valence-electron chi connectivity index (χ1n) is 6.84. The number of nitrogens with zero attached hydrogens (tertiary/aromatic N) is 3. The molecule has 1 aromatic heterocycles. The van der Waals surface area contributed by atoms with Crippen LogP contribution in [0.2, 0.25) is 0 Å². The van der Waals surface area contributed by atoms with Gasteiger partial charge < -0.3 is 4.90 Å². The summed E-state index contributed by atoms with van der Waals surface area (Å²) in [6, 6.07) is 1.55. The smallest absolute Gasteiger partial charge is 0.266 e. The summed E-state index contributed by atoms with van der Waals surface area (Å²) in [6.07, 6.45) is 8.64. The number of hydrogen-bond acceptors (Lipinski definition) is 5. The van der Waals surface area contributed by atoms with Crippen molar-refractivity contribution in [1.29, 1.82) is 0 Å². The second-order valence-corrected chi connectivity index (χ2v) is 5.04. The first-order valence-corrected chi connectivity index (χ1v) is 6.84. The van der Waals surface area contributed by atoms with Crippen molar-refractivity contribution >= 4 is 11.9 Å². The number of rotatable bonds is 4. The summed E-state index contributed by atoms with van der Waals surface area (Å²) in [7, 11) is 0. The highest BCUT2D eigenvalue weighted by Gasteiger charge is 2.33. The van der Waals surface area contributed by atoms with Gasteiger partial charge in [0.1, 0.15) is 6.04 Å². The van der Waals surface area contributed by atoms with Crippen molar-refractivity contribution in [2.24, 2.45) is 0 Å². The van der Waals surface area contributed by atoms with Crippen LogP contribution in [0.25, 0.3) is 0 Å². The Morgan fingerprint density at radius 3 is 2.74 bits per heavy atom. The first-order chi connectivity index (χ1) is 9.34. The van der Waals surface area contributed by atoms with Gasteiger partial charge in [0, 0.05) is 18.9 Å². The molecular weight excluding hydrogens is 244 g/mol. The standard InChI is InChI=1S/C13H18N4O2/c18-12(16-19-10-4-1-5-10)11-6-2-9-17(11)13-14-7-3-8-15-13/h3,7-8,10-11H,1-2,4-6,9H2,(H,16,18). The molecule has 2 aliphatic rings. The highest BCUT2D eigenvalue weighted by molar-refractivity contribution is 5.84. The van der Waals surface area contributed by atoms with Crippen molar-refractivity contribution in [3.8, 4) is 0 Å². The van der Waals surface area contributed by atoms with Crippen LogP contribution < -0.4 is 10.4 Å². The quantitative estimate of drug-likeness (QED) is 0.821. The predicted molar refractivity (Wildman–Crippen MR) is 69.3 cm³/mol. The Balaban J connectivity index is 1.60. The molecule has 0 spiro atoms. The molecule has 0 aromatic carbocycles. The topological polar surface area (TPSA) is 67.3 Å². The summed E-state index contributed by atoms with van der Waals surface area (Å²) in [5, 5.41) is 0. The van der Waals surface area contributed by atoms with Crippen molar-refractivity contribution in [2.45, 2.75) is 44.2 Å². The number of anilines is 1. The number of carbonyl (C=O) groups is 1. The Kier molecular flexibility index (Phi) is 3.59. The fraction of sp³-hybridized carbons (Fsp3) is 0.615. The molecule has 2 heterocycles. The van der Waals surface area contributed by atoms with Crippen LogP contribution in [0.4, 0.5) is 5.95 Å². The number of carbonyl (C=O) groups excluding carboxylic acids is 1. The van der Waals surface area contributed by atoms with Gasteiger partial charge in [-0.3, -0.25) is 9.63 Å². The van der Waals surface area contributed by atoms with Gasteiger partial charge >= 0.3 is 0 Å². The van der Waals surface area contributed by atoms with E-state index in [0.29, 0.717) is 5.95 Å². The van der Waals surface area contributed by atoms with Gasteiger partial charge in [0.15, 0.2) is 0 Å². The third-order valence-corrected chi connectivity index (χ3v) is 3.74. The second kappa shape index (κ2) is 5.52. The average molecular weight is 262 g/mol. The van der Waals surface area contributed by atoms with Gasteiger partial charge in [0.25, 0.3) is 5.91 Å². The van der Waals surface area contributed by atoms with Crippen molar-refractivity contribution < 1.29 is 9.63 Å². The molecular formula is C13H18N4O2. The molecule has 19 heavy (non-hydrogen) atoms. The highest BCUT2D eigenvalue weighted by atomic mass is 16.7. The fourth-order valence-corrected chi connectivity index (χ4v) is 2.42. The van der Waals surface area contributed by atoms with Crippen LogP contribution in [0, 0.1) is 0 Å². The van der Waals surface area contributed by atoms with Gasteiger partial charge in [0.2, 0.25) is 5.95 Å². The lowest BCUT2D eigenvalue weighted by Crippen LogP contribution is -2.45. The van der Waals surface area contributed by atoms with Crippen molar-refractivity contribution in [2.75, 3.05) is 11.4 Å². The van der Waals surface area contributed by atoms with E-state index in [1.54, 1.807) is 18.5 Å². The lowest BCUT2D eigenvalue weighted by molar-refractivity contribution is -0.144. The van der Waals surface area contributed by atoms with Gasteiger partial charge in [-0.15, -0.1) is 0 Å². The van der Waals surface area contributed by atoms with E-state index in [1.165, 1.54) is 6.42 Å². The summed E-state index contributed by atoms with van der Waals surface area (Å²) < 4.78 is 0. The van der Waals surface area contributed by atoms with Gasteiger partial charge in [0.05, 0.1) is 6.10 Å². The molecule has 0 bridgehead atoms. The number of nitrogens with one attached hydrogen (secondary N) is 1. The van der Waals surface area contributed by atoms with E-state index >= 15 is 0 Å².